The van der Waals surface area contributed by atoms with Crippen molar-refractivity contribution in [1.82, 2.24) is 5.32 Å². The van der Waals surface area contributed by atoms with Gasteiger partial charge in [0.05, 0.1) is 5.75 Å². The van der Waals surface area contributed by atoms with Crippen molar-refractivity contribution in [2.24, 2.45) is 5.92 Å². The van der Waals surface area contributed by atoms with Crippen molar-refractivity contribution in [2.45, 2.75) is 19.8 Å². The van der Waals surface area contributed by atoms with Gasteiger partial charge in [-0.3, -0.25) is 4.79 Å². The monoisotopic (exact) mass is 205 g/mol. The van der Waals surface area contributed by atoms with Crippen LogP contribution in [0.3, 0.4) is 0 Å². The lowest BCUT2D eigenvalue weighted by Crippen LogP contribution is -2.30. The summed E-state index contributed by atoms with van der Waals surface area (Å²) in [7, 11) is 0. The molecule has 1 unspecified atom stereocenters. The van der Waals surface area contributed by atoms with E-state index < -0.39 is 0 Å². The first-order valence-electron chi connectivity index (χ1n) is 4.61. The molecule has 0 aromatic rings. The van der Waals surface area contributed by atoms with Gasteiger partial charge < -0.3 is 10.4 Å². The normalized spacial score (nSPS) is 12.5. The van der Waals surface area contributed by atoms with Crippen LogP contribution in [0, 0.1) is 5.92 Å². The Balaban J connectivity index is 3.52. The number of aliphatic hydroxyl groups excluding tert-OH is 1. The Hall–Kier alpha value is -0.220. The summed E-state index contributed by atoms with van der Waals surface area (Å²) in [6, 6.07) is 0. The minimum atomic E-state index is 0.0869. The van der Waals surface area contributed by atoms with E-state index in [1.165, 1.54) is 11.8 Å². The summed E-state index contributed by atoms with van der Waals surface area (Å²) in [4.78, 5) is 11.1. The molecule has 0 rings (SSSR count). The molecule has 0 heterocycles. The Bertz CT molecular complexity index is 142. The Labute approximate surface area is 84.3 Å². The molecular weight excluding hydrogens is 186 g/mol. The number of rotatable bonds is 7. The van der Waals surface area contributed by atoms with Crippen molar-refractivity contribution in [3.8, 4) is 0 Å². The standard InChI is InChI=1S/C9H19NO2S/c1-3-8(4-5-11)6-10-9(12)7-13-2/h8,11H,3-7H2,1-2H3,(H,10,12). The molecular formula is C9H19NO2S. The molecule has 0 spiro atoms. The van der Waals surface area contributed by atoms with Gasteiger partial charge in [0.1, 0.15) is 0 Å². The maximum atomic E-state index is 11.1. The van der Waals surface area contributed by atoms with Crippen molar-refractivity contribution < 1.29 is 9.90 Å². The minimum Gasteiger partial charge on any atom is -0.396 e. The Morgan fingerprint density at radius 3 is 2.77 bits per heavy atom. The van der Waals surface area contributed by atoms with E-state index in [0.717, 1.165) is 12.8 Å². The van der Waals surface area contributed by atoms with Crippen LogP contribution in [-0.4, -0.2) is 36.2 Å². The molecule has 0 aromatic heterocycles. The van der Waals surface area contributed by atoms with Gasteiger partial charge in [0.2, 0.25) is 5.91 Å². The zero-order valence-electron chi connectivity index (χ0n) is 8.38. The molecule has 0 fully saturated rings. The van der Waals surface area contributed by atoms with E-state index in [2.05, 4.69) is 12.2 Å². The number of hydrogen-bond donors (Lipinski definition) is 2. The molecule has 78 valence electrons. The molecule has 0 aliphatic carbocycles. The molecule has 1 amide bonds. The van der Waals surface area contributed by atoms with E-state index >= 15 is 0 Å². The molecule has 0 radical (unpaired) electrons. The lowest BCUT2D eigenvalue weighted by molar-refractivity contribution is -0.118. The zero-order chi connectivity index (χ0) is 10.1. The highest BCUT2D eigenvalue weighted by Crippen LogP contribution is 2.05. The predicted molar refractivity (Wildman–Crippen MR) is 56.9 cm³/mol. The number of amides is 1. The molecule has 1 atom stereocenters. The van der Waals surface area contributed by atoms with Gasteiger partial charge >= 0.3 is 0 Å². The van der Waals surface area contributed by atoms with Crippen molar-refractivity contribution in [1.29, 1.82) is 0 Å². The van der Waals surface area contributed by atoms with Gasteiger partial charge in [0.25, 0.3) is 0 Å². The zero-order valence-corrected chi connectivity index (χ0v) is 9.19. The van der Waals surface area contributed by atoms with Gasteiger partial charge in [0, 0.05) is 13.2 Å². The molecule has 4 heteroatoms. The molecule has 0 saturated heterocycles. The highest BCUT2D eigenvalue weighted by atomic mass is 32.2. The average Bonchev–Trinajstić information content (AvgIpc) is 2.12. The van der Waals surface area contributed by atoms with E-state index in [1.54, 1.807) is 0 Å². The number of nitrogens with one attached hydrogen (secondary N) is 1. The average molecular weight is 205 g/mol. The Kier molecular flexibility index (Phi) is 8.24. The predicted octanol–water partition coefficient (Wildman–Crippen LogP) is 0.874. The quantitative estimate of drug-likeness (QED) is 0.648. The third kappa shape index (κ3) is 6.90. The molecule has 13 heavy (non-hydrogen) atoms. The van der Waals surface area contributed by atoms with Crippen LogP contribution < -0.4 is 5.32 Å². The van der Waals surface area contributed by atoms with Gasteiger partial charge in [-0.1, -0.05) is 13.3 Å². The number of hydrogen-bond acceptors (Lipinski definition) is 3. The number of carbonyl (C=O) groups is 1. The number of carbonyl (C=O) groups excluding carboxylic acids is 1. The summed E-state index contributed by atoms with van der Waals surface area (Å²) in [6.07, 6.45) is 3.68. The first-order chi connectivity index (χ1) is 6.24. The van der Waals surface area contributed by atoms with Gasteiger partial charge in [-0.2, -0.15) is 11.8 Å². The highest BCUT2D eigenvalue weighted by Gasteiger charge is 2.07. The molecule has 0 saturated carbocycles. The second kappa shape index (κ2) is 8.38. The van der Waals surface area contributed by atoms with E-state index in [1.807, 2.05) is 6.26 Å². The minimum absolute atomic E-state index is 0.0869. The van der Waals surface area contributed by atoms with Crippen LogP contribution in [0.25, 0.3) is 0 Å². The first-order valence-corrected chi connectivity index (χ1v) is 6.00. The third-order valence-electron chi connectivity index (χ3n) is 1.98. The fourth-order valence-electron chi connectivity index (χ4n) is 1.07. The van der Waals surface area contributed by atoms with Gasteiger partial charge in [-0.05, 0) is 18.6 Å². The lowest BCUT2D eigenvalue weighted by atomic mass is 10.0. The maximum Gasteiger partial charge on any atom is 0.229 e. The SMILES string of the molecule is CCC(CCO)CNC(=O)CSC. The topological polar surface area (TPSA) is 49.3 Å². The van der Waals surface area contributed by atoms with Crippen LogP contribution >= 0.6 is 11.8 Å². The summed E-state index contributed by atoms with van der Waals surface area (Å²) in [5.41, 5.74) is 0. The van der Waals surface area contributed by atoms with Crippen LogP contribution in [0.1, 0.15) is 19.8 Å². The summed E-state index contributed by atoms with van der Waals surface area (Å²) in [6.45, 7) is 2.97. The van der Waals surface area contributed by atoms with Crippen molar-refractivity contribution in [2.75, 3.05) is 25.2 Å². The Morgan fingerprint density at radius 2 is 2.31 bits per heavy atom. The van der Waals surface area contributed by atoms with Crippen LogP contribution in [0.2, 0.25) is 0 Å². The highest BCUT2D eigenvalue weighted by molar-refractivity contribution is 7.99. The third-order valence-corrected chi connectivity index (χ3v) is 2.53. The van der Waals surface area contributed by atoms with E-state index in [9.17, 15) is 4.79 Å². The lowest BCUT2D eigenvalue weighted by Gasteiger charge is -2.13. The van der Waals surface area contributed by atoms with Crippen molar-refractivity contribution in [3.05, 3.63) is 0 Å². The number of thioether (sulfide) groups is 1. The van der Waals surface area contributed by atoms with Crippen molar-refractivity contribution >= 4 is 17.7 Å². The van der Waals surface area contributed by atoms with E-state index in [4.69, 9.17) is 5.11 Å². The maximum absolute atomic E-state index is 11.1. The molecule has 0 aromatic carbocycles. The van der Waals surface area contributed by atoms with E-state index in [-0.39, 0.29) is 12.5 Å². The Morgan fingerprint density at radius 1 is 1.62 bits per heavy atom. The van der Waals surface area contributed by atoms with Crippen LogP contribution in [0.15, 0.2) is 0 Å². The van der Waals surface area contributed by atoms with Crippen LogP contribution in [0.5, 0.6) is 0 Å². The molecule has 0 bridgehead atoms. The summed E-state index contributed by atoms with van der Waals surface area (Å²) < 4.78 is 0. The van der Waals surface area contributed by atoms with E-state index in [0.29, 0.717) is 18.2 Å². The molecule has 3 nitrogen and oxygen atoms in total. The smallest absolute Gasteiger partial charge is 0.229 e. The van der Waals surface area contributed by atoms with Crippen molar-refractivity contribution in [3.63, 3.8) is 0 Å². The second-order valence-corrected chi connectivity index (χ2v) is 3.89. The summed E-state index contributed by atoms with van der Waals surface area (Å²) in [5, 5.41) is 11.6. The van der Waals surface area contributed by atoms with Gasteiger partial charge in [-0.15, -0.1) is 0 Å². The number of aliphatic hydroxyl groups is 1. The fraction of sp³-hybridized carbons (Fsp3) is 0.889. The molecule has 2 N–H and O–H groups in total. The van der Waals surface area contributed by atoms with Crippen LogP contribution in [0.4, 0.5) is 0 Å². The molecule has 0 aliphatic heterocycles. The summed E-state index contributed by atoms with van der Waals surface area (Å²) >= 11 is 1.52. The van der Waals surface area contributed by atoms with Gasteiger partial charge in [0.15, 0.2) is 0 Å². The van der Waals surface area contributed by atoms with Crippen LogP contribution in [-0.2, 0) is 4.79 Å². The molecule has 0 aliphatic rings. The summed E-state index contributed by atoms with van der Waals surface area (Å²) in [5.74, 6) is 1.02. The second-order valence-electron chi connectivity index (χ2n) is 3.02. The first kappa shape index (κ1) is 12.8. The fourth-order valence-corrected chi connectivity index (χ4v) is 1.44. The largest absolute Gasteiger partial charge is 0.396 e. The van der Waals surface area contributed by atoms with Gasteiger partial charge in [-0.25, -0.2) is 0 Å².